The number of carbonyl (C=O) groups excluding carboxylic acids is 1. The molecule has 0 bridgehead atoms. The van der Waals surface area contributed by atoms with Crippen LogP contribution in [0.25, 0.3) is 0 Å². The van der Waals surface area contributed by atoms with Crippen LogP contribution in [0, 0.1) is 0 Å². The summed E-state index contributed by atoms with van der Waals surface area (Å²) in [6, 6.07) is 21.9. The van der Waals surface area contributed by atoms with Crippen LogP contribution < -0.4 is 20.1 Å². The van der Waals surface area contributed by atoms with Crippen molar-refractivity contribution >= 4 is 17.4 Å². The van der Waals surface area contributed by atoms with Gasteiger partial charge in [0.2, 0.25) is 5.88 Å². The van der Waals surface area contributed by atoms with Crippen molar-refractivity contribution in [2.75, 3.05) is 10.6 Å². The predicted molar refractivity (Wildman–Crippen MR) is 137 cm³/mol. The number of nitrogens with zero attached hydrogens (tertiary/aromatic N) is 2. The zero-order valence-corrected chi connectivity index (χ0v) is 20.0. The van der Waals surface area contributed by atoms with Gasteiger partial charge in [0.1, 0.15) is 23.8 Å². The standard InChI is InChI=1S/C28H28N4O3/c1-28(2,3)23-7-4-5-9-25(23)35-26-24(8-6-16-30-26)32-27(33)31-21-10-12-22(13-11-21)34-19-20-14-17-29-18-15-20/h4-18H,19H2,1-3H3,(H2,31,32,33). The Kier molecular flexibility index (Phi) is 7.26. The van der Waals surface area contributed by atoms with Gasteiger partial charge in [0.15, 0.2) is 0 Å². The summed E-state index contributed by atoms with van der Waals surface area (Å²) in [5, 5.41) is 5.64. The maximum absolute atomic E-state index is 12.7. The Morgan fingerprint density at radius 3 is 2.34 bits per heavy atom. The van der Waals surface area contributed by atoms with Crippen molar-refractivity contribution < 1.29 is 14.3 Å². The minimum absolute atomic E-state index is 0.107. The Balaban J connectivity index is 1.39. The smallest absolute Gasteiger partial charge is 0.323 e. The molecule has 0 fully saturated rings. The van der Waals surface area contributed by atoms with E-state index in [1.54, 1.807) is 55.0 Å². The van der Waals surface area contributed by atoms with Crippen molar-refractivity contribution in [1.29, 1.82) is 0 Å². The quantitative estimate of drug-likeness (QED) is 0.312. The second-order valence-electron chi connectivity index (χ2n) is 8.95. The molecule has 178 valence electrons. The van der Waals surface area contributed by atoms with Gasteiger partial charge in [-0.2, -0.15) is 0 Å². The number of pyridine rings is 2. The lowest BCUT2D eigenvalue weighted by Gasteiger charge is -2.22. The lowest BCUT2D eigenvalue weighted by atomic mass is 9.86. The summed E-state index contributed by atoms with van der Waals surface area (Å²) in [7, 11) is 0. The number of anilines is 2. The fourth-order valence-corrected chi connectivity index (χ4v) is 3.41. The van der Waals surface area contributed by atoms with E-state index in [0.717, 1.165) is 11.1 Å². The van der Waals surface area contributed by atoms with Crippen molar-refractivity contribution in [2.24, 2.45) is 0 Å². The van der Waals surface area contributed by atoms with Gasteiger partial charge in [0.25, 0.3) is 0 Å². The first-order valence-electron chi connectivity index (χ1n) is 11.3. The number of ether oxygens (including phenoxy) is 2. The van der Waals surface area contributed by atoms with E-state index in [9.17, 15) is 4.79 Å². The molecule has 7 heteroatoms. The number of rotatable bonds is 7. The van der Waals surface area contributed by atoms with E-state index < -0.39 is 6.03 Å². The van der Waals surface area contributed by atoms with Gasteiger partial charge >= 0.3 is 6.03 Å². The average molecular weight is 469 g/mol. The largest absolute Gasteiger partial charge is 0.489 e. The summed E-state index contributed by atoms with van der Waals surface area (Å²) >= 11 is 0. The summed E-state index contributed by atoms with van der Waals surface area (Å²) in [5.74, 6) is 1.72. The number of carbonyl (C=O) groups is 1. The van der Waals surface area contributed by atoms with Gasteiger partial charge < -0.3 is 20.1 Å². The fraction of sp³-hybridized carbons (Fsp3) is 0.179. The Morgan fingerprint density at radius 2 is 1.60 bits per heavy atom. The minimum Gasteiger partial charge on any atom is -0.489 e. The van der Waals surface area contributed by atoms with Crippen LogP contribution in [0.5, 0.6) is 17.4 Å². The van der Waals surface area contributed by atoms with Crippen molar-refractivity contribution in [1.82, 2.24) is 9.97 Å². The molecule has 2 aromatic heterocycles. The lowest BCUT2D eigenvalue weighted by Crippen LogP contribution is -2.20. The number of amides is 2. The van der Waals surface area contributed by atoms with Crippen LogP contribution in [0.1, 0.15) is 31.9 Å². The molecule has 2 heterocycles. The van der Waals surface area contributed by atoms with E-state index in [1.807, 2.05) is 36.4 Å². The molecule has 0 radical (unpaired) electrons. The summed E-state index contributed by atoms with van der Waals surface area (Å²) in [6.07, 6.45) is 5.08. The normalized spacial score (nSPS) is 10.9. The Morgan fingerprint density at radius 1 is 0.857 bits per heavy atom. The maximum atomic E-state index is 12.7. The highest BCUT2D eigenvalue weighted by molar-refractivity contribution is 6.00. The molecule has 7 nitrogen and oxygen atoms in total. The number of para-hydroxylation sites is 1. The molecule has 4 aromatic rings. The molecule has 35 heavy (non-hydrogen) atoms. The van der Waals surface area contributed by atoms with Crippen LogP contribution in [0.2, 0.25) is 0 Å². The number of hydrogen-bond acceptors (Lipinski definition) is 5. The molecular formula is C28H28N4O3. The second kappa shape index (κ2) is 10.7. The Hall–Kier alpha value is -4.39. The molecule has 0 aliphatic carbocycles. The summed E-state index contributed by atoms with van der Waals surface area (Å²) in [6.45, 7) is 6.80. The van der Waals surface area contributed by atoms with Crippen LogP contribution in [0.15, 0.2) is 91.4 Å². The van der Waals surface area contributed by atoms with E-state index in [4.69, 9.17) is 9.47 Å². The second-order valence-corrected chi connectivity index (χ2v) is 8.95. The first kappa shape index (κ1) is 23.8. The summed E-state index contributed by atoms with van der Waals surface area (Å²) in [4.78, 5) is 21.0. The first-order valence-corrected chi connectivity index (χ1v) is 11.3. The number of urea groups is 1. The first-order chi connectivity index (χ1) is 16.9. The fourth-order valence-electron chi connectivity index (χ4n) is 3.41. The zero-order valence-electron chi connectivity index (χ0n) is 20.0. The van der Waals surface area contributed by atoms with Crippen molar-refractivity contribution in [2.45, 2.75) is 32.8 Å². The molecule has 2 amide bonds. The molecule has 0 spiro atoms. The van der Waals surface area contributed by atoms with Gasteiger partial charge in [-0.25, -0.2) is 9.78 Å². The summed E-state index contributed by atoms with van der Waals surface area (Å²) < 4.78 is 11.9. The van der Waals surface area contributed by atoms with E-state index in [2.05, 4.69) is 41.4 Å². The van der Waals surface area contributed by atoms with Crippen molar-refractivity contribution in [3.63, 3.8) is 0 Å². The highest BCUT2D eigenvalue weighted by Gasteiger charge is 2.20. The Labute approximate surface area is 205 Å². The minimum atomic E-state index is -0.405. The van der Waals surface area contributed by atoms with Crippen LogP contribution >= 0.6 is 0 Å². The van der Waals surface area contributed by atoms with Gasteiger partial charge in [0.05, 0.1) is 0 Å². The molecule has 2 N–H and O–H groups in total. The molecule has 4 rings (SSSR count). The molecular weight excluding hydrogens is 440 g/mol. The average Bonchev–Trinajstić information content (AvgIpc) is 2.85. The molecule has 0 saturated carbocycles. The number of nitrogens with one attached hydrogen (secondary N) is 2. The van der Waals surface area contributed by atoms with Crippen LogP contribution in [0.4, 0.5) is 16.2 Å². The molecule has 0 aliphatic heterocycles. The molecule has 0 unspecified atom stereocenters. The molecule has 0 atom stereocenters. The SMILES string of the molecule is CC(C)(C)c1ccccc1Oc1ncccc1NC(=O)Nc1ccc(OCc2ccncc2)cc1. The number of benzene rings is 2. The maximum Gasteiger partial charge on any atom is 0.323 e. The van der Waals surface area contributed by atoms with Gasteiger partial charge in [-0.15, -0.1) is 0 Å². The highest BCUT2D eigenvalue weighted by atomic mass is 16.5. The molecule has 0 aliphatic rings. The lowest BCUT2D eigenvalue weighted by molar-refractivity contribution is 0.262. The van der Waals surface area contributed by atoms with Crippen LogP contribution in [-0.2, 0) is 12.0 Å². The third-order valence-electron chi connectivity index (χ3n) is 5.19. The highest BCUT2D eigenvalue weighted by Crippen LogP contribution is 2.35. The van der Waals surface area contributed by atoms with E-state index >= 15 is 0 Å². The Bertz CT molecular complexity index is 1270. The van der Waals surface area contributed by atoms with Gasteiger partial charge in [-0.3, -0.25) is 4.98 Å². The van der Waals surface area contributed by atoms with E-state index in [0.29, 0.717) is 35.4 Å². The van der Waals surface area contributed by atoms with Crippen LogP contribution in [-0.4, -0.2) is 16.0 Å². The molecule has 2 aromatic carbocycles. The van der Waals surface area contributed by atoms with E-state index in [-0.39, 0.29) is 5.41 Å². The van der Waals surface area contributed by atoms with Gasteiger partial charge in [0, 0.05) is 29.8 Å². The van der Waals surface area contributed by atoms with Crippen LogP contribution in [0.3, 0.4) is 0 Å². The monoisotopic (exact) mass is 468 g/mol. The third-order valence-corrected chi connectivity index (χ3v) is 5.19. The number of hydrogen-bond donors (Lipinski definition) is 2. The zero-order chi connectivity index (χ0) is 24.7. The van der Waals surface area contributed by atoms with Crippen molar-refractivity contribution in [3.8, 4) is 17.4 Å². The predicted octanol–water partition coefficient (Wildman–Crippen LogP) is 6.79. The number of aromatic nitrogens is 2. The third kappa shape index (κ3) is 6.57. The topological polar surface area (TPSA) is 85.4 Å². The summed E-state index contributed by atoms with van der Waals surface area (Å²) in [5.41, 5.74) is 3.06. The van der Waals surface area contributed by atoms with E-state index in [1.165, 1.54) is 0 Å². The van der Waals surface area contributed by atoms with Crippen molar-refractivity contribution in [3.05, 3.63) is 103 Å². The van der Waals surface area contributed by atoms with Gasteiger partial charge in [-0.05, 0) is 65.6 Å². The molecule has 0 saturated heterocycles. The van der Waals surface area contributed by atoms with Gasteiger partial charge in [-0.1, -0.05) is 39.0 Å².